The molecule has 2 rings (SSSR count). The van der Waals surface area contributed by atoms with Crippen molar-refractivity contribution < 1.29 is 9.59 Å². The molecule has 2 amide bonds. The van der Waals surface area contributed by atoms with Crippen molar-refractivity contribution in [1.82, 2.24) is 15.0 Å². The Balaban J connectivity index is 2.04. The van der Waals surface area contributed by atoms with Crippen molar-refractivity contribution in [3.63, 3.8) is 0 Å². The summed E-state index contributed by atoms with van der Waals surface area (Å²) in [5.74, 6) is -0.758. The number of nitrogens with two attached hydrogens (primary N) is 2. The molecule has 0 atom stereocenters. The highest BCUT2D eigenvalue weighted by molar-refractivity contribution is 5.95. The zero-order valence-corrected chi connectivity index (χ0v) is 11.5. The van der Waals surface area contributed by atoms with E-state index in [0.29, 0.717) is 16.9 Å². The van der Waals surface area contributed by atoms with Crippen LogP contribution in [-0.2, 0) is 17.9 Å². The molecule has 1 heterocycles. The lowest BCUT2D eigenvalue weighted by Gasteiger charge is -2.09. The van der Waals surface area contributed by atoms with E-state index < -0.39 is 5.91 Å². The quantitative estimate of drug-likeness (QED) is 0.700. The van der Waals surface area contributed by atoms with Crippen LogP contribution in [0.1, 0.15) is 21.6 Å². The number of aromatic nitrogens is 3. The number of carbonyl (C=O) groups is 2. The van der Waals surface area contributed by atoms with Gasteiger partial charge in [0.05, 0.1) is 11.9 Å². The van der Waals surface area contributed by atoms with Gasteiger partial charge in [-0.1, -0.05) is 5.21 Å². The maximum Gasteiger partial charge on any atom is 0.248 e. The van der Waals surface area contributed by atoms with Gasteiger partial charge in [-0.15, -0.1) is 5.10 Å². The van der Waals surface area contributed by atoms with E-state index in [2.05, 4.69) is 15.6 Å². The van der Waals surface area contributed by atoms with Gasteiger partial charge in [0.1, 0.15) is 6.54 Å². The van der Waals surface area contributed by atoms with E-state index in [-0.39, 0.29) is 19.0 Å². The van der Waals surface area contributed by atoms with Gasteiger partial charge in [0.15, 0.2) is 0 Å². The van der Waals surface area contributed by atoms with E-state index >= 15 is 0 Å². The second-order valence-corrected chi connectivity index (χ2v) is 4.55. The fraction of sp³-hybridized carbons (Fsp3) is 0.231. The Morgan fingerprint density at radius 3 is 2.71 bits per heavy atom. The Labute approximate surface area is 121 Å². The molecule has 1 aromatic carbocycles. The first-order valence-electron chi connectivity index (χ1n) is 6.29. The maximum atomic E-state index is 11.9. The highest BCUT2D eigenvalue weighted by Crippen LogP contribution is 2.16. The maximum absolute atomic E-state index is 11.9. The van der Waals surface area contributed by atoms with Crippen LogP contribution in [0.4, 0.5) is 5.69 Å². The van der Waals surface area contributed by atoms with Gasteiger partial charge in [0, 0.05) is 17.8 Å². The minimum atomic E-state index is -0.507. The molecule has 8 heteroatoms. The predicted octanol–water partition coefficient (Wildman–Crippen LogP) is -0.217. The summed E-state index contributed by atoms with van der Waals surface area (Å²) in [5, 5.41) is 10.3. The number of aryl methyl sites for hydroxylation is 1. The van der Waals surface area contributed by atoms with Gasteiger partial charge in [-0.3, -0.25) is 9.59 Å². The van der Waals surface area contributed by atoms with Crippen LogP contribution in [0.25, 0.3) is 0 Å². The largest absolute Gasteiger partial charge is 0.366 e. The molecule has 0 aliphatic heterocycles. The number of nitrogens with one attached hydrogen (secondary N) is 1. The van der Waals surface area contributed by atoms with Crippen LogP contribution in [0.2, 0.25) is 0 Å². The van der Waals surface area contributed by atoms with Crippen molar-refractivity contribution in [1.29, 1.82) is 0 Å². The van der Waals surface area contributed by atoms with Crippen LogP contribution in [-0.4, -0.2) is 26.8 Å². The van der Waals surface area contributed by atoms with Crippen LogP contribution < -0.4 is 16.8 Å². The lowest BCUT2D eigenvalue weighted by molar-refractivity contribution is -0.116. The van der Waals surface area contributed by atoms with Crippen molar-refractivity contribution in [2.24, 2.45) is 11.5 Å². The molecule has 0 saturated heterocycles. The molecular weight excluding hydrogens is 272 g/mol. The molecule has 0 spiro atoms. The molecule has 0 unspecified atom stereocenters. The fourth-order valence-corrected chi connectivity index (χ4v) is 1.80. The lowest BCUT2D eigenvalue weighted by atomic mass is 10.1. The molecule has 8 nitrogen and oxygen atoms in total. The summed E-state index contributed by atoms with van der Waals surface area (Å²) in [5.41, 5.74) is 13.0. The summed E-state index contributed by atoms with van der Waals surface area (Å²) in [6, 6.07) is 4.83. The zero-order valence-electron chi connectivity index (χ0n) is 11.5. The summed E-state index contributed by atoms with van der Waals surface area (Å²) in [7, 11) is 0. The third kappa shape index (κ3) is 3.63. The molecule has 2 aromatic rings. The molecule has 0 aliphatic rings. The van der Waals surface area contributed by atoms with Crippen molar-refractivity contribution in [2.45, 2.75) is 20.0 Å². The molecule has 1 aromatic heterocycles. The van der Waals surface area contributed by atoms with Crippen molar-refractivity contribution in [3.05, 3.63) is 41.2 Å². The number of carbonyl (C=O) groups excluding carboxylic acids is 2. The highest BCUT2D eigenvalue weighted by atomic mass is 16.2. The van der Waals surface area contributed by atoms with Crippen LogP contribution in [0.15, 0.2) is 24.4 Å². The summed E-state index contributed by atoms with van der Waals surface area (Å²) in [6.07, 6.45) is 1.61. The number of nitrogens with zero attached hydrogens (tertiary/aromatic N) is 3. The SMILES string of the molecule is Cc1cc(C(N)=O)ccc1NC(=O)Cn1cc(CN)nn1. The Morgan fingerprint density at radius 2 is 2.14 bits per heavy atom. The normalized spacial score (nSPS) is 10.4. The molecule has 5 N–H and O–H groups in total. The second-order valence-electron chi connectivity index (χ2n) is 4.55. The van der Waals surface area contributed by atoms with E-state index in [0.717, 1.165) is 5.56 Å². The van der Waals surface area contributed by atoms with Gasteiger partial charge in [-0.25, -0.2) is 4.68 Å². The molecule has 0 aliphatic carbocycles. The van der Waals surface area contributed by atoms with Crippen LogP contribution in [0.5, 0.6) is 0 Å². The van der Waals surface area contributed by atoms with E-state index in [1.807, 2.05) is 0 Å². The first-order valence-corrected chi connectivity index (χ1v) is 6.29. The van der Waals surface area contributed by atoms with E-state index in [1.54, 1.807) is 31.3 Å². The average molecular weight is 288 g/mol. The summed E-state index contributed by atoms with van der Waals surface area (Å²) in [4.78, 5) is 23.0. The molecular formula is C13H16N6O2. The smallest absolute Gasteiger partial charge is 0.248 e. The Kier molecular flexibility index (Phi) is 4.29. The Hall–Kier alpha value is -2.74. The Morgan fingerprint density at radius 1 is 1.38 bits per heavy atom. The summed E-state index contributed by atoms with van der Waals surface area (Å²) in [6.45, 7) is 2.09. The topological polar surface area (TPSA) is 129 Å². The zero-order chi connectivity index (χ0) is 15.4. The highest BCUT2D eigenvalue weighted by Gasteiger charge is 2.09. The van der Waals surface area contributed by atoms with Gasteiger partial charge < -0.3 is 16.8 Å². The van der Waals surface area contributed by atoms with Gasteiger partial charge in [-0.2, -0.15) is 0 Å². The number of anilines is 1. The van der Waals surface area contributed by atoms with E-state index in [1.165, 1.54) is 4.68 Å². The molecule has 0 fully saturated rings. The van der Waals surface area contributed by atoms with Gasteiger partial charge in [0.2, 0.25) is 11.8 Å². The molecule has 110 valence electrons. The molecule has 0 bridgehead atoms. The minimum Gasteiger partial charge on any atom is -0.366 e. The van der Waals surface area contributed by atoms with Gasteiger partial charge in [-0.05, 0) is 30.7 Å². The second kappa shape index (κ2) is 6.14. The number of amides is 2. The molecule has 21 heavy (non-hydrogen) atoms. The third-order valence-corrected chi connectivity index (χ3v) is 2.89. The van der Waals surface area contributed by atoms with E-state index in [9.17, 15) is 9.59 Å². The van der Waals surface area contributed by atoms with Gasteiger partial charge in [0.25, 0.3) is 0 Å². The van der Waals surface area contributed by atoms with Crippen molar-refractivity contribution in [2.75, 3.05) is 5.32 Å². The van der Waals surface area contributed by atoms with Crippen molar-refractivity contribution in [3.8, 4) is 0 Å². The molecule has 0 radical (unpaired) electrons. The standard InChI is InChI=1S/C13H16N6O2/c1-8-4-9(13(15)21)2-3-11(8)16-12(20)7-19-6-10(5-14)17-18-19/h2-4,6H,5,7,14H2,1H3,(H2,15,21)(H,16,20). The number of hydrogen-bond acceptors (Lipinski definition) is 5. The third-order valence-electron chi connectivity index (χ3n) is 2.89. The number of rotatable bonds is 5. The average Bonchev–Trinajstić information content (AvgIpc) is 2.88. The number of primary amides is 1. The predicted molar refractivity (Wildman–Crippen MR) is 76.2 cm³/mol. The summed E-state index contributed by atoms with van der Waals surface area (Å²) >= 11 is 0. The van der Waals surface area contributed by atoms with Crippen LogP contribution in [0.3, 0.4) is 0 Å². The van der Waals surface area contributed by atoms with E-state index in [4.69, 9.17) is 11.5 Å². The number of benzene rings is 1. The monoisotopic (exact) mass is 288 g/mol. The number of hydrogen-bond donors (Lipinski definition) is 3. The summed E-state index contributed by atoms with van der Waals surface area (Å²) < 4.78 is 1.41. The van der Waals surface area contributed by atoms with Crippen LogP contribution in [0, 0.1) is 6.92 Å². The fourth-order valence-electron chi connectivity index (χ4n) is 1.80. The van der Waals surface area contributed by atoms with Gasteiger partial charge >= 0.3 is 0 Å². The minimum absolute atomic E-state index is 0.0318. The Bertz CT molecular complexity index is 679. The molecule has 0 saturated carbocycles. The van der Waals surface area contributed by atoms with Crippen LogP contribution >= 0.6 is 0 Å². The lowest BCUT2D eigenvalue weighted by Crippen LogP contribution is -2.20. The first-order chi connectivity index (χ1) is 9.99. The first kappa shape index (κ1) is 14.7. The van der Waals surface area contributed by atoms with Crippen molar-refractivity contribution >= 4 is 17.5 Å².